The van der Waals surface area contributed by atoms with Crippen molar-refractivity contribution < 1.29 is 18.5 Å². The predicted molar refractivity (Wildman–Crippen MR) is 146 cm³/mol. The molecule has 0 aliphatic heterocycles. The molecule has 0 spiro atoms. The smallest absolute Gasteiger partial charge is 0.320 e. The van der Waals surface area contributed by atoms with Crippen LogP contribution >= 0.6 is 7.60 Å². The second-order valence-electron chi connectivity index (χ2n) is 10.4. The van der Waals surface area contributed by atoms with Gasteiger partial charge in [0, 0.05) is 6.42 Å². The van der Waals surface area contributed by atoms with Crippen molar-refractivity contribution in [1.82, 2.24) is 0 Å². The summed E-state index contributed by atoms with van der Waals surface area (Å²) in [6.45, 7) is 4.69. The van der Waals surface area contributed by atoms with Gasteiger partial charge < -0.3 is 13.9 Å². The third-order valence-corrected chi connectivity index (χ3v) is 8.42. The Morgan fingerprint density at radius 3 is 1.58 bits per heavy atom. The normalized spacial score (nSPS) is 15.5. The van der Waals surface area contributed by atoms with E-state index in [9.17, 15) is 9.46 Å². The van der Waals surface area contributed by atoms with E-state index in [1.807, 2.05) is 21.1 Å². The first-order valence-electron chi connectivity index (χ1n) is 13.8. The third-order valence-electron chi connectivity index (χ3n) is 6.16. The molecule has 0 heterocycles. The highest BCUT2D eigenvalue weighted by Gasteiger charge is 2.41. The molecule has 4 nitrogen and oxygen atoms in total. The van der Waals surface area contributed by atoms with E-state index in [4.69, 9.17) is 4.52 Å². The van der Waals surface area contributed by atoms with Gasteiger partial charge in [0.15, 0.2) is 5.78 Å². The van der Waals surface area contributed by atoms with Crippen molar-refractivity contribution >= 4 is 7.60 Å². The summed E-state index contributed by atoms with van der Waals surface area (Å²) in [5, 5.41) is 0. The quantitative estimate of drug-likeness (QED) is 0.0678. The lowest BCUT2D eigenvalue weighted by Gasteiger charge is -2.35. The van der Waals surface area contributed by atoms with E-state index in [0.717, 1.165) is 19.3 Å². The standard InChI is InChI=1S/C28H56NO3P/c1-6-8-9-10-11-12-13-14-15-16-17-18-19-20-21-22-23-24-25-27-32-33(30,31)28(26-7-2)29(3,4)5/h10-11,16-17,28H,6-9,12-15,18-27H2,1-5H3/p+1/b11-10-,17-16-. The van der Waals surface area contributed by atoms with Gasteiger partial charge in [-0.1, -0.05) is 83.1 Å². The summed E-state index contributed by atoms with van der Waals surface area (Å²) in [7, 11) is 2.34. The molecule has 0 saturated heterocycles. The summed E-state index contributed by atoms with van der Waals surface area (Å²) in [6, 6.07) is 0. The van der Waals surface area contributed by atoms with E-state index in [-0.39, 0.29) is 5.78 Å². The Kier molecular flexibility index (Phi) is 20.7. The van der Waals surface area contributed by atoms with E-state index in [0.29, 0.717) is 17.5 Å². The SMILES string of the molecule is CCCC/C=C\CCCC/C=C\CCCCCCCCCOP(=O)(O)C(CCC)[N+](C)(C)C. The number of quaternary nitrogens is 1. The maximum Gasteiger partial charge on any atom is 0.385 e. The van der Waals surface area contributed by atoms with Crippen LogP contribution in [-0.2, 0) is 9.09 Å². The zero-order valence-corrected chi connectivity index (χ0v) is 23.7. The van der Waals surface area contributed by atoms with E-state index in [1.165, 1.54) is 83.5 Å². The zero-order valence-electron chi connectivity index (χ0n) is 22.8. The Morgan fingerprint density at radius 1 is 0.697 bits per heavy atom. The Hall–Kier alpha value is -0.410. The summed E-state index contributed by atoms with van der Waals surface area (Å²) in [5.41, 5.74) is 0. The summed E-state index contributed by atoms with van der Waals surface area (Å²) in [5.74, 6) is -0.339. The van der Waals surface area contributed by atoms with Gasteiger partial charge in [-0.2, -0.15) is 0 Å². The number of allylic oxidation sites excluding steroid dienone is 4. The van der Waals surface area contributed by atoms with Crippen molar-refractivity contribution in [2.45, 2.75) is 129 Å². The maximum atomic E-state index is 12.7. The molecule has 0 aromatic heterocycles. The molecule has 1 N–H and O–H groups in total. The van der Waals surface area contributed by atoms with Crippen molar-refractivity contribution in [2.24, 2.45) is 0 Å². The largest absolute Gasteiger partial charge is 0.385 e. The minimum absolute atomic E-state index is 0.339. The average Bonchev–Trinajstić information content (AvgIpc) is 2.75. The Balaban J connectivity index is 3.56. The second kappa shape index (κ2) is 20.9. The Morgan fingerprint density at radius 2 is 1.12 bits per heavy atom. The Bertz CT molecular complexity index is 540. The lowest BCUT2D eigenvalue weighted by molar-refractivity contribution is -0.883. The lowest BCUT2D eigenvalue weighted by Crippen LogP contribution is -2.45. The predicted octanol–water partition coefficient (Wildman–Crippen LogP) is 9.00. The van der Waals surface area contributed by atoms with Crippen LogP contribution in [0.25, 0.3) is 0 Å². The summed E-state index contributed by atoms with van der Waals surface area (Å²) in [4.78, 5) is 10.4. The molecular weight excluding hydrogens is 429 g/mol. The minimum Gasteiger partial charge on any atom is -0.320 e. The summed E-state index contributed by atoms with van der Waals surface area (Å²) in [6.07, 6.45) is 29.4. The van der Waals surface area contributed by atoms with Gasteiger partial charge in [-0.25, -0.2) is 0 Å². The molecule has 0 aromatic rings. The van der Waals surface area contributed by atoms with Crippen LogP contribution in [0.2, 0.25) is 0 Å². The molecule has 0 rings (SSSR count). The van der Waals surface area contributed by atoms with E-state index >= 15 is 0 Å². The highest BCUT2D eigenvalue weighted by Crippen LogP contribution is 2.51. The Labute approximate surface area is 207 Å². The molecule has 0 aromatic carbocycles. The first-order valence-corrected chi connectivity index (χ1v) is 15.5. The van der Waals surface area contributed by atoms with Gasteiger partial charge in [-0.05, 0) is 57.8 Å². The average molecular weight is 487 g/mol. The van der Waals surface area contributed by atoms with Crippen LogP contribution in [-0.4, -0.2) is 42.9 Å². The van der Waals surface area contributed by atoms with Gasteiger partial charge in [0.05, 0.1) is 27.7 Å². The number of nitrogens with zero attached hydrogens (tertiary/aromatic N) is 1. The van der Waals surface area contributed by atoms with Gasteiger partial charge in [0.2, 0.25) is 0 Å². The van der Waals surface area contributed by atoms with E-state index in [2.05, 4.69) is 38.2 Å². The van der Waals surface area contributed by atoms with Crippen molar-refractivity contribution in [1.29, 1.82) is 0 Å². The van der Waals surface area contributed by atoms with Crippen LogP contribution in [0.3, 0.4) is 0 Å². The molecule has 0 aliphatic rings. The fraction of sp³-hybridized carbons (Fsp3) is 0.857. The van der Waals surface area contributed by atoms with Crippen molar-refractivity contribution in [3.8, 4) is 0 Å². The summed E-state index contributed by atoms with van der Waals surface area (Å²) < 4.78 is 18.6. The van der Waals surface area contributed by atoms with Crippen LogP contribution in [0.1, 0.15) is 123 Å². The fourth-order valence-electron chi connectivity index (χ4n) is 4.09. The molecule has 0 amide bonds. The summed E-state index contributed by atoms with van der Waals surface area (Å²) >= 11 is 0. The van der Waals surface area contributed by atoms with Gasteiger partial charge in [0.1, 0.15) is 0 Å². The first-order chi connectivity index (χ1) is 15.8. The van der Waals surface area contributed by atoms with Crippen LogP contribution in [0.4, 0.5) is 0 Å². The molecule has 0 aliphatic carbocycles. The lowest BCUT2D eigenvalue weighted by atomic mass is 10.1. The topological polar surface area (TPSA) is 46.5 Å². The van der Waals surface area contributed by atoms with E-state index < -0.39 is 7.60 Å². The number of hydrogen-bond donors (Lipinski definition) is 1. The molecule has 0 fully saturated rings. The van der Waals surface area contributed by atoms with Gasteiger partial charge >= 0.3 is 7.60 Å². The van der Waals surface area contributed by atoms with Gasteiger partial charge in [-0.15, -0.1) is 0 Å². The molecule has 0 saturated carbocycles. The first kappa shape index (κ1) is 32.6. The highest BCUT2D eigenvalue weighted by atomic mass is 31.2. The van der Waals surface area contributed by atoms with Crippen molar-refractivity contribution in [3.63, 3.8) is 0 Å². The number of unbranched alkanes of at least 4 members (excludes halogenated alkanes) is 12. The van der Waals surface area contributed by atoms with Crippen LogP contribution in [0.5, 0.6) is 0 Å². The number of rotatable bonds is 23. The molecule has 2 unspecified atom stereocenters. The fourth-order valence-corrected chi connectivity index (χ4v) is 6.12. The van der Waals surface area contributed by atoms with Gasteiger partial charge in [0.25, 0.3) is 0 Å². The van der Waals surface area contributed by atoms with Gasteiger partial charge in [-0.3, -0.25) is 4.57 Å². The van der Waals surface area contributed by atoms with Crippen LogP contribution in [0.15, 0.2) is 24.3 Å². The molecular formula is C28H57NO3P+. The maximum absolute atomic E-state index is 12.7. The molecule has 0 radical (unpaired) electrons. The van der Waals surface area contributed by atoms with E-state index in [1.54, 1.807) is 0 Å². The van der Waals surface area contributed by atoms with Crippen LogP contribution < -0.4 is 0 Å². The number of hydrogen-bond acceptors (Lipinski definition) is 2. The highest BCUT2D eigenvalue weighted by molar-refractivity contribution is 7.53. The monoisotopic (exact) mass is 486 g/mol. The second-order valence-corrected chi connectivity index (χ2v) is 12.4. The zero-order chi connectivity index (χ0) is 24.8. The molecule has 5 heteroatoms. The van der Waals surface area contributed by atoms with Crippen molar-refractivity contribution in [3.05, 3.63) is 24.3 Å². The third kappa shape index (κ3) is 19.6. The van der Waals surface area contributed by atoms with Crippen LogP contribution in [0, 0.1) is 0 Å². The molecule has 196 valence electrons. The van der Waals surface area contributed by atoms with Crippen molar-refractivity contribution in [2.75, 3.05) is 27.7 Å². The molecule has 2 atom stereocenters. The minimum atomic E-state index is -3.57. The molecule has 0 bridgehead atoms. The molecule has 33 heavy (non-hydrogen) atoms.